The number of H-pyrrole nitrogens is 1. The van der Waals surface area contributed by atoms with Gasteiger partial charge in [0.15, 0.2) is 0 Å². The number of rotatable bonds is 4. The van der Waals surface area contributed by atoms with E-state index in [0.29, 0.717) is 18.2 Å². The molecule has 2 aromatic rings. The van der Waals surface area contributed by atoms with Gasteiger partial charge in [0, 0.05) is 17.8 Å². The lowest BCUT2D eigenvalue weighted by Crippen LogP contribution is -2.31. The molecule has 5 heteroatoms. The van der Waals surface area contributed by atoms with E-state index in [1.165, 1.54) is 0 Å². The number of aromatic nitrogens is 1. The van der Waals surface area contributed by atoms with Crippen molar-refractivity contribution in [1.29, 1.82) is 0 Å². The van der Waals surface area contributed by atoms with Gasteiger partial charge in [0.05, 0.1) is 7.11 Å². The summed E-state index contributed by atoms with van der Waals surface area (Å²) in [4.78, 5) is 27.5. The predicted octanol–water partition coefficient (Wildman–Crippen LogP) is 2.44. The molecule has 0 saturated heterocycles. The highest BCUT2D eigenvalue weighted by atomic mass is 16.5. The number of hydrogen-bond acceptors (Lipinski definition) is 3. The first-order chi connectivity index (χ1) is 11.6. The maximum absolute atomic E-state index is 12.4. The van der Waals surface area contributed by atoms with Crippen LogP contribution in [-0.4, -0.2) is 18.0 Å². The van der Waals surface area contributed by atoms with Crippen LogP contribution in [0, 0.1) is 5.92 Å². The molecule has 5 nitrogen and oxygen atoms in total. The summed E-state index contributed by atoms with van der Waals surface area (Å²) < 4.78 is 5.27. The number of benzene rings is 1. The molecule has 1 heterocycles. The fourth-order valence-electron chi connectivity index (χ4n) is 3.17. The van der Waals surface area contributed by atoms with E-state index in [2.05, 4.69) is 17.2 Å². The molecule has 0 spiro atoms. The van der Waals surface area contributed by atoms with Crippen molar-refractivity contribution >= 4 is 5.91 Å². The lowest BCUT2D eigenvalue weighted by Gasteiger charge is -2.21. The molecular weight excluding hydrogens is 304 g/mol. The minimum atomic E-state index is -0.358. The molecule has 0 radical (unpaired) electrons. The number of fused-ring (bicyclic) bond motifs is 1. The second kappa shape index (κ2) is 6.91. The molecule has 1 atom stereocenters. The van der Waals surface area contributed by atoms with Crippen LogP contribution in [0.2, 0.25) is 0 Å². The van der Waals surface area contributed by atoms with Gasteiger partial charge in [0.25, 0.3) is 11.5 Å². The largest absolute Gasteiger partial charge is 0.496 e. The van der Waals surface area contributed by atoms with Crippen molar-refractivity contribution in [2.24, 2.45) is 5.92 Å². The minimum absolute atomic E-state index is 0.178. The van der Waals surface area contributed by atoms with Crippen molar-refractivity contribution in [3.63, 3.8) is 0 Å². The molecule has 1 aliphatic carbocycles. The molecule has 1 unspecified atom stereocenters. The van der Waals surface area contributed by atoms with E-state index in [0.717, 1.165) is 36.1 Å². The Hall–Kier alpha value is -2.56. The van der Waals surface area contributed by atoms with Crippen molar-refractivity contribution < 1.29 is 9.53 Å². The normalized spacial score (nSPS) is 16.3. The third kappa shape index (κ3) is 3.35. The number of para-hydroxylation sites is 1. The van der Waals surface area contributed by atoms with Gasteiger partial charge < -0.3 is 15.0 Å². The summed E-state index contributed by atoms with van der Waals surface area (Å²) in [5.74, 6) is 0.932. The highest BCUT2D eigenvalue weighted by molar-refractivity contribution is 5.94. The number of hydrogen-bond donors (Lipinski definition) is 2. The Morgan fingerprint density at radius 2 is 2.17 bits per heavy atom. The number of carbonyl (C=O) groups is 1. The van der Waals surface area contributed by atoms with Crippen LogP contribution < -0.4 is 15.6 Å². The third-order valence-electron chi connectivity index (χ3n) is 4.55. The molecule has 0 aliphatic heterocycles. The zero-order valence-corrected chi connectivity index (χ0v) is 14.0. The molecule has 0 saturated carbocycles. The van der Waals surface area contributed by atoms with E-state index < -0.39 is 0 Å². The first-order valence-electron chi connectivity index (χ1n) is 8.23. The number of methoxy groups -OCH3 is 1. The molecule has 24 heavy (non-hydrogen) atoms. The fraction of sp³-hybridized carbons (Fsp3) is 0.368. The number of pyridine rings is 1. The van der Waals surface area contributed by atoms with Gasteiger partial charge >= 0.3 is 0 Å². The molecule has 1 aromatic heterocycles. The Bertz CT molecular complexity index is 810. The summed E-state index contributed by atoms with van der Waals surface area (Å²) in [6.45, 7) is 2.51. The van der Waals surface area contributed by atoms with E-state index in [9.17, 15) is 9.59 Å². The summed E-state index contributed by atoms with van der Waals surface area (Å²) in [7, 11) is 1.59. The van der Waals surface area contributed by atoms with Gasteiger partial charge in [-0.15, -0.1) is 0 Å². The van der Waals surface area contributed by atoms with Crippen molar-refractivity contribution in [3.05, 3.63) is 63.1 Å². The standard InChI is InChI=1S/C19H22N2O3/c1-12-7-8-16-14(9-12)10-15(19(23)21-16)18(22)20-11-13-5-3-4-6-17(13)24-2/h3-6,10,12H,7-9,11H2,1-2H3,(H,20,22)(H,21,23). The van der Waals surface area contributed by atoms with E-state index in [1.54, 1.807) is 13.2 Å². The van der Waals surface area contributed by atoms with Crippen LogP contribution in [0.15, 0.2) is 35.1 Å². The zero-order valence-electron chi connectivity index (χ0n) is 14.0. The lowest BCUT2D eigenvalue weighted by molar-refractivity contribution is 0.0949. The third-order valence-corrected chi connectivity index (χ3v) is 4.55. The molecule has 126 valence electrons. The van der Waals surface area contributed by atoms with Gasteiger partial charge in [-0.2, -0.15) is 0 Å². The summed E-state index contributed by atoms with van der Waals surface area (Å²) in [5.41, 5.74) is 2.78. The molecule has 1 amide bonds. The molecule has 1 aliphatic rings. The highest BCUT2D eigenvalue weighted by Crippen LogP contribution is 2.23. The maximum atomic E-state index is 12.4. The van der Waals surface area contributed by atoms with Crippen LogP contribution in [0.25, 0.3) is 0 Å². The maximum Gasteiger partial charge on any atom is 0.261 e. The highest BCUT2D eigenvalue weighted by Gasteiger charge is 2.20. The Morgan fingerprint density at radius 1 is 1.38 bits per heavy atom. The number of amides is 1. The summed E-state index contributed by atoms with van der Waals surface area (Å²) in [5, 5.41) is 2.81. The van der Waals surface area contributed by atoms with Crippen molar-refractivity contribution in [1.82, 2.24) is 10.3 Å². The molecule has 0 bridgehead atoms. The number of nitrogens with one attached hydrogen (secondary N) is 2. The van der Waals surface area contributed by atoms with Gasteiger partial charge in [-0.3, -0.25) is 9.59 Å². The number of aryl methyl sites for hydroxylation is 1. The van der Waals surface area contributed by atoms with Crippen molar-refractivity contribution in [2.75, 3.05) is 7.11 Å². The SMILES string of the molecule is COc1ccccc1CNC(=O)c1cc2c([nH]c1=O)CCC(C)C2. The second-order valence-corrected chi connectivity index (χ2v) is 6.36. The molecular formula is C19H22N2O3. The van der Waals surface area contributed by atoms with Crippen molar-refractivity contribution in [2.45, 2.75) is 32.7 Å². The number of carbonyl (C=O) groups excluding carboxylic acids is 1. The topological polar surface area (TPSA) is 71.2 Å². The van der Waals surface area contributed by atoms with E-state index in [4.69, 9.17) is 4.74 Å². The van der Waals surface area contributed by atoms with Gasteiger partial charge in [-0.25, -0.2) is 0 Å². The summed E-state index contributed by atoms with van der Waals surface area (Å²) >= 11 is 0. The Morgan fingerprint density at radius 3 is 2.96 bits per heavy atom. The van der Waals surface area contributed by atoms with Gasteiger partial charge in [0.1, 0.15) is 11.3 Å². The smallest absolute Gasteiger partial charge is 0.261 e. The summed E-state index contributed by atoms with van der Waals surface area (Å²) in [6, 6.07) is 9.24. The zero-order chi connectivity index (χ0) is 17.1. The van der Waals surface area contributed by atoms with Crippen LogP contribution in [0.4, 0.5) is 0 Å². The van der Waals surface area contributed by atoms with Crippen LogP contribution >= 0.6 is 0 Å². The number of ether oxygens (including phenoxy) is 1. The van der Waals surface area contributed by atoms with Gasteiger partial charge in [-0.05, 0) is 42.9 Å². The fourth-order valence-corrected chi connectivity index (χ4v) is 3.17. The molecule has 0 fully saturated rings. The average molecular weight is 326 g/mol. The Kier molecular flexibility index (Phi) is 4.69. The Labute approximate surface area is 141 Å². The second-order valence-electron chi connectivity index (χ2n) is 6.36. The first-order valence-corrected chi connectivity index (χ1v) is 8.23. The van der Waals surface area contributed by atoms with E-state index in [1.807, 2.05) is 24.3 Å². The van der Waals surface area contributed by atoms with Crippen molar-refractivity contribution in [3.8, 4) is 5.75 Å². The minimum Gasteiger partial charge on any atom is -0.496 e. The lowest BCUT2D eigenvalue weighted by atomic mass is 9.87. The molecule has 3 rings (SSSR count). The van der Waals surface area contributed by atoms with Crippen LogP contribution in [0.3, 0.4) is 0 Å². The Balaban J connectivity index is 1.78. The first kappa shape index (κ1) is 16.3. The average Bonchev–Trinajstić information content (AvgIpc) is 2.59. The van der Waals surface area contributed by atoms with Crippen LogP contribution in [0.1, 0.15) is 40.5 Å². The van der Waals surface area contributed by atoms with E-state index >= 15 is 0 Å². The van der Waals surface area contributed by atoms with Gasteiger partial charge in [-0.1, -0.05) is 25.1 Å². The summed E-state index contributed by atoms with van der Waals surface area (Å²) in [6.07, 6.45) is 2.84. The van der Waals surface area contributed by atoms with Gasteiger partial charge in [0.2, 0.25) is 0 Å². The molecule has 2 N–H and O–H groups in total. The molecule has 1 aromatic carbocycles. The predicted molar refractivity (Wildman–Crippen MR) is 92.4 cm³/mol. The van der Waals surface area contributed by atoms with Crippen LogP contribution in [0.5, 0.6) is 5.75 Å². The monoisotopic (exact) mass is 326 g/mol. The quantitative estimate of drug-likeness (QED) is 0.906. The van der Waals surface area contributed by atoms with Crippen LogP contribution in [-0.2, 0) is 19.4 Å². The van der Waals surface area contributed by atoms with E-state index in [-0.39, 0.29) is 17.0 Å². The number of aromatic amines is 1.